The normalized spacial score (nSPS) is 10.2. The van der Waals surface area contributed by atoms with Crippen molar-refractivity contribution in [2.45, 2.75) is 25.7 Å². The summed E-state index contributed by atoms with van der Waals surface area (Å²) in [5.41, 5.74) is 2.04. The number of hydrogen-bond donors (Lipinski definition) is 2. The first-order valence-electron chi connectivity index (χ1n) is 6.33. The molecular formula is C14H19IN2O2. The van der Waals surface area contributed by atoms with Gasteiger partial charge >= 0.3 is 0 Å². The lowest BCUT2D eigenvalue weighted by Crippen LogP contribution is -2.24. The number of halogens is 1. The smallest absolute Gasteiger partial charge is 0.238 e. The predicted molar refractivity (Wildman–Crippen MR) is 85.6 cm³/mol. The number of likely N-dealkylation sites (N-methyl/N-ethyl adjacent to an activating group) is 1. The van der Waals surface area contributed by atoms with Crippen molar-refractivity contribution < 1.29 is 9.59 Å². The summed E-state index contributed by atoms with van der Waals surface area (Å²) in [5, 5.41) is 5.61. The maximum atomic E-state index is 11.4. The van der Waals surface area contributed by atoms with Crippen LogP contribution in [0.25, 0.3) is 0 Å². The fourth-order valence-electron chi connectivity index (χ4n) is 1.71. The lowest BCUT2D eigenvalue weighted by Gasteiger charge is -2.06. The van der Waals surface area contributed by atoms with E-state index in [0.717, 1.165) is 24.9 Å². The van der Waals surface area contributed by atoms with E-state index in [2.05, 4.69) is 10.6 Å². The molecule has 0 radical (unpaired) electrons. The van der Waals surface area contributed by atoms with Crippen molar-refractivity contribution in [1.82, 2.24) is 5.32 Å². The highest BCUT2D eigenvalue weighted by Crippen LogP contribution is 2.12. The Bertz CT molecular complexity index is 418. The largest absolute Gasteiger partial charge is 0.325 e. The fraction of sp³-hybridized carbons (Fsp3) is 0.429. The quantitative estimate of drug-likeness (QED) is 0.418. The van der Waals surface area contributed by atoms with Crippen LogP contribution in [-0.4, -0.2) is 23.3 Å². The number of nitrogens with one attached hydrogen (secondary N) is 2. The number of unbranched alkanes of at least 4 members (excludes halogenated alkanes) is 1. The van der Waals surface area contributed by atoms with E-state index in [1.807, 2.05) is 46.9 Å². The van der Waals surface area contributed by atoms with Crippen LogP contribution in [0.1, 0.15) is 24.8 Å². The zero-order valence-corrected chi connectivity index (χ0v) is 13.2. The van der Waals surface area contributed by atoms with Crippen molar-refractivity contribution in [3.63, 3.8) is 0 Å². The molecular weight excluding hydrogens is 355 g/mol. The predicted octanol–water partition coefficient (Wildman–Crippen LogP) is 2.52. The van der Waals surface area contributed by atoms with Crippen LogP contribution >= 0.6 is 22.6 Å². The van der Waals surface area contributed by atoms with Gasteiger partial charge in [0.15, 0.2) is 3.79 Å². The van der Waals surface area contributed by atoms with E-state index < -0.39 is 0 Å². The van der Waals surface area contributed by atoms with Crippen LogP contribution in [0.15, 0.2) is 24.3 Å². The molecule has 0 saturated heterocycles. The Morgan fingerprint density at radius 3 is 2.42 bits per heavy atom. The van der Waals surface area contributed by atoms with Crippen molar-refractivity contribution in [1.29, 1.82) is 0 Å². The highest BCUT2D eigenvalue weighted by Gasteiger charge is 2.01. The first-order chi connectivity index (χ1) is 9.11. The molecule has 0 bridgehead atoms. The minimum atomic E-state index is -0.0455. The summed E-state index contributed by atoms with van der Waals surface area (Å²) in [4.78, 5) is 22.2. The Hall–Kier alpha value is -0.950. The summed E-state index contributed by atoms with van der Waals surface area (Å²) in [6, 6.07) is 7.85. The van der Waals surface area contributed by atoms with E-state index in [1.165, 1.54) is 5.56 Å². The minimum Gasteiger partial charge on any atom is -0.325 e. The number of carbonyl (C=O) groups is 2. The molecule has 5 heteroatoms. The maximum Gasteiger partial charge on any atom is 0.238 e. The molecule has 0 atom stereocenters. The molecule has 0 heterocycles. The molecule has 19 heavy (non-hydrogen) atoms. The Balaban J connectivity index is 2.35. The van der Waals surface area contributed by atoms with Gasteiger partial charge in [-0.2, -0.15) is 0 Å². The topological polar surface area (TPSA) is 58.2 Å². The first kappa shape index (κ1) is 16.1. The Morgan fingerprint density at radius 2 is 1.84 bits per heavy atom. The Labute approximate surface area is 127 Å². The average molecular weight is 374 g/mol. The molecule has 1 rings (SSSR count). The summed E-state index contributed by atoms with van der Waals surface area (Å²) in [6.07, 6.45) is 3.57. The number of hydrogen-bond acceptors (Lipinski definition) is 3. The van der Waals surface area contributed by atoms with Crippen LogP contribution in [0.4, 0.5) is 5.69 Å². The van der Waals surface area contributed by atoms with Gasteiger partial charge in [-0.25, -0.2) is 0 Å². The van der Waals surface area contributed by atoms with E-state index in [-0.39, 0.29) is 9.70 Å². The van der Waals surface area contributed by atoms with Gasteiger partial charge in [0.2, 0.25) is 5.91 Å². The van der Waals surface area contributed by atoms with Crippen molar-refractivity contribution in [3.05, 3.63) is 29.8 Å². The molecule has 2 N–H and O–H groups in total. The van der Waals surface area contributed by atoms with Crippen molar-refractivity contribution >= 4 is 38.0 Å². The molecule has 1 aromatic carbocycles. The van der Waals surface area contributed by atoms with Gasteiger partial charge in [-0.05, 0) is 66.6 Å². The number of carbonyl (C=O) groups excluding carboxylic acids is 2. The van der Waals surface area contributed by atoms with Gasteiger partial charge in [-0.15, -0.1) is 0 Å². The van der Waals surface area contributed by atoms with Crippen LogP contribution in [0.5, 0.6) is 0 Å². The lowest BCUT2D eigenvalue weighted by atomic mass is 10.1. The van der Waals surface area contributed by atoms with Crippen LogP contribution < -0.4 is 10.6 Å². The van der Waals surface area contributed by atoms with Gasteiger partial charge in [-0.3, -0.25) is 9.59 Å². The summed E-state index contributed by atoms with van der Waals surface area (Å²) in [7, 11) is 1.74. The van der Waals surface area contributed by atoms with Gasteiger partial charge in [0.25, 0.3) is 0 Å². The minimum absolute atomic E-state index is 0.0455. The number of anilines is 1. The lowest BCUT2D eigenvalue weighted by molar-refractivity contribution is -0.115. The maximum absolute atomic E-state index is 11.4. The zero-order chi connectivity index (χ0) is 14.1. The number of aryl methyl sites for hydroxylation is 1. The molecule has 1 aromatic rings. The molecule has 104 valence electrons. The molecule has 1 amide bonds. The van der Waals surface area contributed by atoms with Crippen LogP contribution in [0, 0.1) is 0 Å². The average Bonchev–Trinajstić information content (AvgIpc) is 2.36. The summed E-state index contributed by atoms with van der Waals surface area (Å²) in [6.45, 7) is 0.312. The van der Waals surface area contributed by atoms with E-state index in [4.69, 9.17) is 0 Å². The first-order valence-corrected chi connectivity index (χ1v) is 7.41. The second-order valence-corrected chi connectivity index (χ2v) is 5.54. The van der Waals surface area contributed by atoms with Crippen LogP contribution in [-0.2, 0) is 16.0 Å². The van der Waals surface area contributed by atoms with Crippen molar-refractivity contribution in [2.75, 3.05) is 18.9 Å². The van der Waals surface area contributed by atoms with Crippen molar-refractivity contribution in [2.24, 2.45) is 0 Å². The number of rotatable bonds is 8. The van der Waals surface area contributed by atoms with Gasteiger partial charge < -0.3 is 10.6 Å². The molecule has 0 aliphatic carbocycles. The zero-order valence-electron chi connectivity index (χ0n) is 11.0. The molecule has 0 aliphatic heterocycles. The molecule has 0 saturated carbocycles. The second-order valence-electron chi connectivity index (χ2n) is 4.34. The second kappa shape index (κ2) is 9.03. The van der Waals surface area contributed by atoms with Gasteiger partial charge in [0, 0.05) is 12.1 Å². The summed E-state index contributed by atoms with van der Waals surface area (Å²) in [5.74, 6) is -0.0455. The Kier molecular flexibility index (Phi) is 7.66. The third-order valence-corrected chi connectivity index (χ3v) is 3.20. The monoisotopic (exact) mass is 374 g/mol. The molecule has 0 aliphatic rings. The highest BCUT2D eigenvalue weighted by molar-refractivity contribution is 14.1. The molecule has 0 fully saturated rings. The fourth-order valence-corrected chi connectivity index (χ4v) is 2.09. The number of benzene rings is 1. The van der Waals surface area contributed by atoms with Crippen LogP contribution in [0.2, 0.25) is 0 Å². The molecule has 4 nitrogen and oxygen atoms in total. The van der Waals surface area contributed by atoms with Gasteiger partial charge in [-0.1, -0.05) is 12.1 Å². The van der Waals surface area contributed by atoms with E-state index in [9.17, 15) is 9.59 Å². The molecule has 0 spiro atoms. The molecule has 0 aromatic heterocycles. The summed E-state index contributed by atoms with van der Waals surface area (Å²) < 4.78 is 0.222. The van der Waals surface area contributed by atoms with Gasteiger partial charge in [0.05, 0.1) is 6.54 Å². The third kappa shape index (κ3) is 7.27. The van der Waals surface area contributed by atoms with E-state index >= 15 is 0 Å². The SMILES string of the molecule is CNCC(=O)Nc1ccc(CCCCC(=O)I)cc1. The highest BCUT2D eigenvalue weighted by atomic mass is 127. The number of amides is 1. The van der Waals surface area contributed by atoms with Crippen molar-refractivity contribution in [3.8, 4) is 0 Å². The summed E-state index contributed by atoms with van der Waals surface area (Å²) >= 11 is 1.83. The van der Waals surface area contributed by atoms with E-state index in [0.29, 0.717) is 13.0 Å². The standard InChI is InChI=1S/C14H19IN2O2/c1-16-10-14(19)17-12-8-6-11(7-9-12)4-2-3-5-13(15)18/h6-9,16H,2-5,10H2,1H3,(H,17,19). The third-order valence-electron chi connectivity index (χ3n) is 2.66. The molecule has 0 unspecified atom stereocenters. The van der Waals surface area contributed by atoms with Crippen LogP contribution in [0.3, 0.4) is 0 Å². The van der Waals surface area contributed by atoms with E-state index in [1.54, 1.807) is 7.05 Å². The van der Waals surface area contributed by atoms with Gasteiger partial charge in [0.1, 0.15) is 0 Å². The Morgan fingerprint density at radius 1 is 1.16 bits per heavy atom.